The number of carbonyl (C=O) groups is 1. The van der Waals surface area contributed by atoms with E-state index in [-0.39, 0.29) is 11.8 Å². The van der Waals surface area contributed by atoms with Crippen LogP contribution in [0, 0.1) is 5.92 Å². The van der Waals surface area contributed by atoms with Gasteiger partial charge in [0.2, 0.25) is 5.91 Å². The number of amides is 1. The molecule has 2 rings (SSSR count). The Hall–Kier alpha value is -1.55. The fourth-order valence-corrected chi connectivity index (χ4v) is 2.02. The number of hydrogen-bond acceptors (Lipinski definition) is 3. The van der Waals surface area contributed by atoms with E-state index < -0.39 is 5.60 Å². The fourth-order valence-electron chi connectivity index (χ4n) is 2.02. The highest BCUT2D eigenvalue weighted by molar-refractivity contribution is 5.98. The third kappa shape index (κ3) is 2.00. The Labute approximate surface area is 101 Å². The van der Waals surface area contributed by atoms with Crippen LogP contribution in [-0.4, -0.2) is 30.3 Å². The van der Waals surface area contributed by atoms with Crippen LogP contribution in [0.1, 0.15) is 13.8 Å². The average molecular weight is 235 g/mol. The number of nitrogens with zero attached hydrogens (tertiary/aromatic N) is 1. The minimum absolute atomic E-state index is 0.0415. The quantitative estimate of drug-likeness (QED) is 0.843. The fraction of sp³-hybridized carbons (Fsp3) is 0.462. The molecule has 0 spiro atoms. The van der Waals surface area contributed by atoms with E-state index in [2.05, 4.69) is 0 Å². The molecule has 1 aliphatic heterocycles. The molecule has 17 heavy (non-hydrogen) atoms. The van der Waals surface area contributed by atoms with Gasteiger partial charge in [0.15, 0.2) is 0 Å². The highest BCUT2D eigenvalue weighted by atomic mass is 16.5. The van der Waals surface area contributed by atoms with Crippen molar-refractivity contribution < 1.29 is 14.6 Å². The van der Waals surface area contributed by atoms with Crippen molar-refractivity contribution in [3.63, 3.8) is 0 Å². The summed E-state index contributed by atoms with van der Waals surface area (Å²) in [4.78, 5) is 13.6. The van der Waals surface area contributed by atoms with Crippen LogP contribution < -0.4 is 9.64 Å². The summed E-state index contributed by atoms with van der Waals surface area (Å²) in [7, 11) is 1.60. The maximum absolute atomic E-state index is 12.0. The molecule has 0 aliphatic carbocycles. The zero-order chi connectivity index (χ0) is 12.6. The van der Waals surface area contributed by atoms with Crippen LogP contribution in [0.25, 0.3) is 0 Å². The van der Waals surface area contributed by atoms with Crippen molar-refractivity contribution in [2.24, 2.45) is 5.92 Å². The molecule has 2 atom stereocenters. The molecule has 1 amide bonds. The summed E-state index contributed by atoms with van der Waals surface area (Å²) >= 11 is 0. The number of benzene rings is 1. The second-order valence-electron chi connectivity index (χ2n) is 4.70. The van der Waals surface area contributed by atoms with Gasteiger partial charge in [-0.15, -0.1) is 0 Å². The number of ether oxygens (including phenoxy) is 1. The van der Waals surface area contributed by atoms with Gasteiger partial charge in [0.25, 0.3) is 0 Å². The van der Waals surface area contributed by atoms with Gasteiger partial charge in [-0.25, -0.2) is 0 Å². The molecular weight excluding hydrogens is 218 g/mol. The van der Waals surface area contributed by atoms with E-state index in [4.69, 9.17) is 4.74 Å². The topological polar surface area (TPSA) is 49.8 Å². The van der Waals surface area contributed by atoms with Gasteiger partial charge >= 0.3 is 0 Å². The Balaban J connectivity index is 2.26. The van der Waals surface area contributed by atoms with Gasteiger partial charge in [0.05, 0.1) is 25.2 Å². The van der Waals surface area contributed by atoms with Crippen LogP contribution in [0.2, 0.25) is 0 Å². The largest absolute Gasteiger partial charge is 0.497 e. The molecule has 1 N–H and O–H groups in total. The van der Waals surface area contributed by atoms with E-state index >= 15 is 0 Å². The van der Waals surface area contributed by atoms with Crippen LogP contribution in [-0.2, 0) is 4.79 Å². The number of hydrogen-bond donors (Lipinski definition) is 1. The average Bonchev–Trinajstić information content (AvgIpc) is 2.53. The predicted molar refractivity (Wildman–Crippen MR) is 65.1 cm³/mol. The SMILES string of the molecule is COc1ccc(N2C[C@@](C)(O)[C@@H](C)C2=O)cc1. The van der Waals surface area contributed by atoms with Gasteiger partial charge in [-0.1, -0.05) is 6.92 Å². The molecule has 4 nitrogen and oxygen atoms in total. The molecule has 1 heterocycles. The molecule has 1 aromatic carbocycles. The molecule has 1 saturated heterocycles. The minimum Gasteiger partial charge on any atom is -0.497 e. The molecule has 0 aromatic heterocycles. The van der Waals surface area contributed by atoms with Gasteiger partial charge in [-0.2, -0.15) is 0 Å². The molecule has 4 heteroatoms. The van der Waals surface area contributed by atoms with Gasteiger partial charge in [-0.3, -0.25) is 4.79 Å². The van der Waals surface area contributed by atoms with Crippen LogP contribution in [0.4, 0.5) is 5.69 Å². The lowest BCUT2D eigenvalue weighted by Gasteiger charge is -2.19. The summed E-state index contributed by atoms with van der Waals surface area (Å²) in [5.41, 5.74) is -0.169. The first kappa shape index (κ1) is 11.9. The summed E-state index contributed by atoms with van der Waals surface area (Å²) in [5.74, 6) is 0.338. The normalized spacial score (nSPS) is 28.6. The molecular formula is C13H17NO3. The lowest BCUT2D eigenvalue weighted by Crippen LogP contribution is -2.33. The standard InChI is InChI=1S/C13H17NO3/c1-9-12(15)14(8-13(9,2)16)10-4-6-11(17-3)7-5-10/h4-7,9,16H,8H2,1-3H3/t9-,13+/m0/s1. The third-order valence-corrected chi connectivity index (χ3v) is 3.43. The first-order valence-corrected chi connectivity index (χ1v) is 5.63. The summed E-state index contributed by atoms with van der Waals surface area (Å²) < 4.78 is 5.07. The summed E-state index contributed by atoms with van der Waals surface area (Å²) in [6.07, 6.45) is 0. The van der Waals surface area contributed by atoms with Gasteiger partial charge in [0, 0.05) is 5.69 Å². The molecule has 1 aromatic rings. The monoisotopic (exact) mass is 235 g/mol. The highest BCUT2D eigenvalue weighted by Crippen LogP contribution is 2.32. The van der Waals surface area contributed by atoms with Crippen molar-refractivity contribution in [2.75, 3.05) is 18.6 Å². The van der Waals surface area contributed by atoms with Gasteiger partial charge in [-0.05, 0) is 31.2 Å². The van der Waals surface area contributed by atoms with Crippen molar-refractivity contribution in [1.29, 1.82) is 0 Å². The number of carbonyl (C=O) groups excluding carboxylic acids is 1. The maximum Gasteiger partial charge on any atom is 0.232 e. The summed E-state index contributed by atoms with van der Waals surface area (Å²) in [5, 5.41) is 10.1. The van der Waals surface area contributed by atoms with Crippen molar-refractivity contribution in [1.82, 2.24) is 0 Å². The summed E-state index contributed by atoms with van der Waals surface area (Å²) in [6.45, 7) is 3.78. The van der Waals surface area contributed by atoms with Crippen LogP contribution >= 0.6 is 0 Å². The molecule has 0 unspecified atom stereocenters. The second kappa shape index (κ2) is 4.04. The highest BCUT2D eigenvalue weighted by Gasteiger charge is 2.45. The van der Waals surface area contributed by atoms with E-state index in [1.54, 1.807) is 38.0 Å². The Morgan fingerprint density at radius 2 is 2.00 bits per heavy atom. The van der Waals surface area contributed by atoms with Gasteiger partial charge < -0.3 is 14.7 Å². The van der Waals surface area contributed by atoms with Crippen LogP contribution in [0.5, 0.6) is 5.75 Å². The van der Waals surface area contributed by atoms with Crippen molar-refractivity contribution in [3.05, 3.63) is 24.3 Å². The van der Waals surface area contributed by atoms with Crippen LogP contribution in [0.3, 0.4) is 0 Å². The Kier molecular flexibility index (Phi) is 2.83. The number of anilines is 1. The van der Waals surface area contributed by atoms with Crippen LogP contribution in [0.15, 0.2) is 24.3 Å². The number of methoxy groups -OCH3 is 1. The number of rotatable bonds is 2. The molecule has 0 bridgehead atoms. The van der Waals surface area contributed by atoms with E-state index in [9.17, 15) is 9.90 Å². The summed E-state index contributed by atoms with van der Waals surface area (Å²) in [6, 6.07) is 7.26. The zero-order valence-electron chi connectivity index (χ0n) is 10.3. The lowest BCUT2D eigenvalue weighted by atomic mass is 9.95. The van der Waals surface area contributed by atoms with Crippen molar-refractivity contribution >= 4 is 11.6 Å². The third-order valence-electron chi connectivity index (χ3n) is 3.43. The smallest absolute Gasteiger partial charge is 0.232 e. The van der Waals surface area contributed by atoms with Crippen molar-refractivity contribution in [3.8, 4) is 5.75 Å². The first-order chi connectivity index (χ1) is 7.95. The Morgan fingerprint density at radius 3 is 2.41 bits per heavy atom. The Morgan fingerprint density at radius 1 is 1.41 bits per heavy atom. The molecule has 0 saturated carbocycles. The van der Waals surface area contributed by atoms with E-state index in [0.29, 0.717) is 6.54 Å². The van der Waals surface area contributed by atoms with Gasteiger partial charge in [0.1, 0.15) is 5.75 Å². The minimum atomic E-state index is -0.961. The molecule has 92 valence electrons. The first-order valence-electron chi connectivity index (χ1n) is 5.63. The molecule has 1 aliphatic rings. The predicted octanol–water partition coefficient (Wildman–Crippen LogP) is 1.43. The van der Waals surface area contributed by atoms with Crippen molar-refractivity contribution in [2.45, 2.75) is 19.4 Å². The van der Waals surface area contributed by atoms with E-state index in [1.165, 1.54) is 0 Å². The molecule has 1 fully saturated rings. The van der Waals surface area contributed by atoms with E-state index in [0.717, 1.165) is 11.4 Å². The number of β-amino-alcohol motifs (C(OH)–C–C–N with tert-alkyl or cyclic N) is 1. The van der Waals surface area contributed by atoms with E-state index in [1.807, 2.05) is 12.1 Å². The number of aliphatic hydroxyl groups is 1. The molecule has 0 radical (unpaired) electrons. The second-order valence-corrected chi connectivity index (χ2v) is 4.70. The lowest BCUT2D eigenvalue weighted by molar-refractivity contribution is -0.123. The Bertz CT molecular complexity index is 425. The maximum atomic E-state index is 12.0. The zero-order valence-corrected chi connectivity index (χ0v) is 10.3.